The number of fused-ring (bicyclic) bond motifs is 4. The number of carbonyl (C=O) groups is 2. The number of likely N-dealkylation sites (tertiary alicyclic amines) is 2. The van der Waals surface area contributed by atoms with Crippen molar-refractivity contribution in [1.29, 1.82) is 0 Å². The van der Waals surface area contributed by atoms with Gasteiger partial charge in [0.15, 0.2) is 0 Å². The van der Waals surface area contributed by atoms with Gasteiger partial charge in [0, 0.05) is 47.7 Å². The second kappa shape index (κ2) is 27.9. The van der Waals surface area contributed by atoms with E-state index in [4.69, 9.17) is 14.6 Å². The lowest BCUT2D eigenvalue weighted by atomic mass is 10.00. The van der Waals surface area contributed by atoms with Crippen molar-refractivity contribution in [1.82, 2.24) is 55.1 Å². The van der Waals surface area contributed by atoms with Gasteiger partial charge < -0.3 is 29.7 Å². The molecule has 8 aromatic rings. The summed E-state index contributed by atoms with van der Waals surface area (Å²) in [5.41, 5.74) is 7.50. The number of carbonyl (C=O) groups excluding carboxylic acids is 2. The average molecular weight is 1060 g/mol. The molecule has 0 saturated carbocycles. The number of aromatic amines is 2. The summed E-state index contributed by atoms with van der Waals surface area (Å²) in [7, 11) is 0. The Bertz CT molecular complexity index is 2960. The standard InChI is InChI=1S/C18H25N3O2.C13H17N3.C11H21NO2.C8H8N2.C7H6N2O.2CH4.ClH/c1-13-5-6-16-14(11-13)12-19-21(16)15-7-9-20(10-8-15)17(22)23-18(2,3)4;1-10-2-3-13-11(8-10)9-15-16(13)12-4-6-14-7-5-12;1-9-5-7-12(8-6-9)10(13)14-11(2,3)4;1-6-2-3-8-7(4-6)5-9-10-8;10-6-1-2-7-5(3-6)4-8-9-7;;;/h5-6,11-12,15H,7-10H2,1-4H3;2-3,8-9,12,14H,4-7H2,1H3;9H,5-8H2,1-4H3;2-5H,1H3,(H,9,10);1-4,10H,(H,8,9);2*1H4;1H. The molecule has 11 rings (SSSR count). The maximum Gasteiger partial charge on any atom is 0.410 e. The number of halogens is 1. The predicted octanol–water partition coefficient (Wildman–Crippen LogP) is 13.7. The van der Waals surface area contributed by atoms with E-state index in [1.807, 2.05) is 71.1 Å². The Balaban J connectivity index is 0.000000210. The maximum absolute atomic E-state index is 12.1. The maximum atomic E-state index is 12.1. The van der Waals surface area contributed by atoms with Crippen molar-refractivity contribution in [2.24, 2.45) is 5.92 Å². The van der Waals surface area contributed by atoms with Gasteiger partial charge in [0.05, 0.1) is 58.9 Å². The molecule has 4 aromatic carbocycles. The second-order valence-electron chi connectivity index (χ2n) is 21.7. The average Bonchev–Trinajstić information content (AvgIpc) is 4.18. The van der Waals surface area contributed by atoms with Crippen LogP contribution in [0.3, 0.4) is 0 Å². The summed E-state index contributed by atoms with van der Waals surface area (Å²) >= 11 is 0. The summed E-state index contributed by atoms with van der Waals surface area (Å²) in [5, 5.41) is 39.5. The van der Waals surface area contributed by atoms with E-state index in [2.05, 4.69) is 121 Å². The van der Waals surface area contributed by atoms with Crippen molar-refractivity contribution in [2.45, 2.75) is 146 Å². The Morgan fingerprint density at radius 2 is 0.947 bits per heavy atom. The third-order valence-electron chi connectivity index (χ3n) is 13.1. The highest BCUT2D eigenvalue weighted by atomic mass is 35.5. The first kappa shape index (κ1) is 61.9. The van der Waals surface area contributed by atoms with Crippen molar-refractivity contribution in [3.8, 4) is 5.75 Å². The Morgan fingerprint density at radius 3 is 1.41 bits per heavy atom. The van der Waals surface area contributed by atoms with E-state index >= 15 is 0 Å². The number of phenols is 1. The zero-order valence-electron chi connectivity index (χ0n) is 45.0. The van der Waals surface area contributed by atoms with Gasteiger partial charge in [-0.3, -0.25) is 19.6 Å². The Morgan fingerprint density at radius 1 is 0.553 bits per heavy atom. The van der Waals surface area contributed by atoms with Gasteiger partial charge in [0.2, 0.25) is 0 Å². The van der Waals surface area contributed by atoms with Gasteiger partial charge in [0.25, 0.3) is 0 Å². The van der Waals surface area contributed by atoms with Crippen molar-refractivity contribution in [3.63, 3.8) is 0 Å². The fraction of sp³-hybridized carbons (Fsp3) is 0.492. The molecule has 16 nitrogen and oxygen atoms in total. The van der Waals surface area contributed by atoms with E-state index in [9.17, 15) is 9.59 Å². The van der Waals surface area contributed by atoms with Crippen LogP contribution in [0.1, 0.15) is 131 Å². The molecule has 414 valence electrons. The predicted molar refractivity (Wildman–Crippen MR) is 312 cm³/mol. The summed E-state index contributed by atoms with van der Waals surface area (Å²) in [6.07, 6.45) is 13.4. The topological polar surface area (TPSA) is 184 Å². The van der Waals surface area contributed by atoms with Crippen molar-refractivity contribution in [3.05, 3.63) is 114 Å². The number of hydrogen-bond acceptors (Lipinski definition) is 10. The van der Waals surface area contributed by atoms with Crippen LogP contribution in [-0.4, -0.2) is 118 Å². The van der Waals surface area contributed by atoms with Crippen LogP contribution in [0.2, 0.25) is 0 Å². The summed E-state index contributed by atoms with van der Waals surface area (Å²) in [6.45, 7) is 25.3. The number of amides is 2. The van der Waals surface area contributed by atoms with E-state index in [1.54, 1.807) is 29.3 Å². The van der Waals surface area contributed by atoms with Crippen LogP contribution >= 0.6 is 12.4 Å². The number of piperidine rings is 3. The largest absolute Gasteiger partial charge is 0.508 e. The van der Waals surface area contributed by atoms with Crippen LogP contribution in [0.4, 0.5) is 9.59 Å². The zero-order chi connectivity index (χ0) is 52.3. The molecule has 3 aliphatic heterocycles. The quantitative estimate of drug-likeness (QED) is 0.130. The number of aromatic nitrogens is 8. The van der Waals surface area contributed by atoms with Gasteiger partial charge in [0.1, 0.15) is 17.0 Å². The van der Waals surface area contributed by atoms with E-state index in [1.165, 1.54) is 56.7 Å². The number of ether oxygens (including phenoxy) is 2. The SMILES string of the molecule is C.C.CC1CCN(C(=O)OC(C)(C)C)CC1.Cc1ccc2[nH]ncc2c1.Cc1ccc2c(cnn2C2CCN(C(=O)OC(C)(C)C)CC2)c1.Cc1ccc2c(cnn2C2CCNCC2)c1.Cl.Oc1ccc2[nH]ncc2c1. The molecule has 17 heteroatoms. The van der Waals surface area contributed by atoms with Gasteiger partial charge in [-0.25, -0.2) is 9.59 Å². The third-order valence-corrected chi connectivity index (χ3v) is 13.1. The minimum absolute atomic E-state index is 0. The molecule has 0 aliphatic carbocycles. The molecule has 4 N–H and O–H groups in total. The van der Waals surface area contributed by atoms with Crippen molar-refractivity contribution < 1.29 is 24.2 Å². The van der Waals surface area contributed by atoms with Gasteiger partial charge in [-0.15, -0.1) is 12.4 Å². The lowest BCUT2D eigenvalue weighted by Crippen LogP contribution is -2.42. The number of benzene rings is 4. The van der Waals surface area contributed by atoms with Gasteiger partial charge in [-0.2, -0.15) is 20.4 Å². The first-order valence-electron chi connectivity index (χ1n) is 25.8. The normalized spacial score (nSPS) is 15.2. The van der Waals surface area contributed by atoms with Crippen LogP contribution in [0.5, 0.6) is 5.75 Å². The molecule has 3 aliphatic rings. The first-order chi connectivity index (χ1) is 34.8. The molecular formula is C59H86ClN11O5. The van der Waals surface area contributed by atoms with Crippen molar-refractivity contribution >= 4 is 68.2 Å². The molecule has 3 fully saturated rings. The number of aromatic hydroxyl groups is 1. The molecule has 0 radical (unpaired) electrons. The second-order valence-corrected chi connectivity index (χ2v) is 21.7. The first-order valence-corrected chi connectivity index (χ1v) is 25.8. The molecule has 2 amide bonds. The van der Waals surface area contributed by atoms with Crippen LogP contribution < -0.4 is 5.32 Å². The monoisotopic (exact) mass is 1060 g/mol. The lowest BCUT2D eigenvalue weighted by molar-refractivity contribution is 0.0177. The summed E-state index contributed by atoms with van der Waals surface area (Å²) in [4.78, 5) is 27.4. The number of nitrogens with zero attached hydrogens (tertiary/aromatic N) is 8. The van der Waals surface area contributed by atoms with Crippen LogP contribution in [0.25, 0.3) is 43.6 Å². The highest BCUT2D eigenvalue weighted by molar-refractivity contribution is 5.85. The van der Waals surface area contributed by atoms with Crippen LogP contribution in [0, 0.1) is 26.7 Å². The zero-order valence-corrected chi connectivity index (χ0v) is 45.8. The minimum Gasteiger partial charge on any atom is -0.508 e. The number of nitrogens with one attached hydrogen (secondary N) is 3. The van der Waals surface area contributed by atoms with Crippen LogP contribution in [-0.2, 0) is 9.47 Å². The van der Waals surface area contributed by atoms with Gasteiger partial charge >= 0.3 is 12.2 Å². The highest BCUT2D eigenvalue weighted by Crippen LogP contribution is 2.28. The molecule has 0 bridgehead atoms. The Kier molecular flexibility index (Phi) is 22.7. The minimum atomic E-state index is -0.440. The molecular weight excluding hydrogens is 978 g/mol. The molecule has 76 heavy (non-hydrogen) atoms. The Hall–Kier alpha value is -6.65. The molecule has 4 aromatic heterocycles. The van der Waals surface area contributed by atoms with E-state index in [-0.39, 0.29) is 50.8 Å². The fourth-order valence-electron chi connectivity index (χ4n) is 9.11. The van der Waals surface area contributed by atoms with Gasteiger partial charge in [-0.1, -0.05) is 56.7 Å². The molecule has 0 spiro atoms. The summed E-state index contributed by atoms with van der Waals surface area (Å²) in [6, 6.07) is 25.2. The number of rotatable bonds is 2. The Labute approximate surface area is 456 Å². The lowest BCUT2D eigenvalue weighted by Gasteiger charge is -2.33. The molecule has 0 atom stereocenters. The van der Waals surface area contributed by atoms with Crippen molar-refractivity contribution in [2.75, 3.05) is 39.3 Å². The van der Waals surface area contributed by atoms with E-state index < -0.39 is 5.60 Å². The fourth-order valence-corrected chi connectivity index (χ4v) is 9.11. The molecule has 0 unspecified atom stereocenters. The van der Waals surface area contributed by atoms with E-state index in [0.29, 0.717) is 25.2 Å². The van der Waals surface area contributed by atoms with E-state index in [0.717, 1.165) is 74.2 Å². The van der Waals surface area contributed by atoms with Crippen LogP contribution in [0.15, 0.2) is 97.6 Å². The smallest absolute Gasteiger partial charge is 0.410 e. The van der Waals surface area contributed by atoms with Gasteiger partial charge in [-0.05, 0) is 174 Å². The number of aryl methyl sites for hydroxylation is 3. The number of hydrogen-bond donors (Lipinski definition) is 4. The highest BCUT2D eigenvalue weighted by Gasteiger charge is 2.29. The summed E-state index contributed by atoms with van der Waals surface area (Å²) < 4.78 is 15.1. The molecule has 7 heterocycles. The number of H-pyrrole nitrogens is 2. The number of phenolic OH excluding ortho intramolecular Hbond substituents is 1. The molecule has 3 saturated heterocycles. The summed E-state index contributed by atoms with van der Waals surface area (Å²) in [5.74, 6) is 1.02. The third kappa shape index (κ3) is 17.7.